The highest BCUT2D eigenvalue weighted by molar-refractivity contribution is 5.80. The van der Waals surface area contributed by atoms with Gasteiger partial charge >= 0.3 is 0 Å². The van der Waals surface area contributed by atoms with E-state index in [-0.39, 0.29) is 0 Å². The maximum Gasteiger partial charge on any atom is 0.263 e. The number of imidazole rings is 1. The highest BCUT2D eigenvalue weighted by Gasteiger charge is 2.17. The van der Waals surface area contributed by atoms with Gasteiger partial charge in [-0.25, -0.2) is 4.98 Å². The fraction of sp³-hybridized carbons (Fsp3) is 0.364. The molecule has 0 saturated carbocycles. The Morgan fingerprint density at radius 3 is 2.74 bits per heavy atom. The van der Waals surface area contributed by atoms with Crippen LogP contribution in [0, 0.1) is 13.5 Å². The number of pyridine rings is 1. The number of anilines is 1. The van der Waals surface area contributed by atoms with Crippen molar-refractivity contribution in [2.45, 2.75) is 32.6 Å². The molecule has 0 saturated heterocycles. The molecule has 2 heterocycles. The standard InChI is InChI=1S/C22H27N4O/c1-17-12-13-20-25-21(18-10-6-7-11-19(18)27-3)22(26(20)16-17)24-15-9-5-4-8-14-23-2/h2,6-7,10-13,16,24H,4-5,8-9,14-15H2,1,3H3/q+1. The van der Waals surface area contributed by atoms with Gasteiger partial charge < -0.3 is 10.1 Å². The molecule has 0 aliphatic rings. The first-order valence-electron chi connectivity index (χ1n) is 9.47. The number of benzene rings is 1. The predicted molar refractivity (Wildman–Crippen MR) is 112 cm³/mol. The summed E-state index contributed by atoms with van der Waals surface area (Å²) >= 11 is 0. The second-order valence-electron chi connectivity index (χ2n) is 6.69. The average Bonchev–Trinajstić information content (AvgIpc) is 3.04. The Bertz CT molecular complexity index is 939. The van der Waals surface area contributed by atoms with Crippen LogP contribution in [-0.4, -0.2) is 29.6 Å². The van der Waals surface area contributed by atoms with Crippen molar-refractivity contribution in [1.82, 2.24) is 9.38 Å². The van der Waals surface area contributed by atoms with Gasteiger partial charge in [-0.1, -0.05) is 29.5 Å². The summed E-state index contributed by atoms with van der Waals surface area (Å²) in [5, 5.41) is 3.60. The summed E-state index contributed by atoms with van der Waals surface area (Å²) in [4.78, 5) is 8.53. The van der Waals surface area contributed by atoms with Crippen LogP contribution in [0.3, 0.4) is 0 Å². The van der Waals surface area contributed by atoms with Crippen LogP contribution in [-0.2, 0) is 0 Å². The molecule has 27 heavy (non-hydrogen) atoms. The lowest BCUT2D eigenvalue weighted by Gasteiger charge is -2.11. The summed E-state index contributed by atoms with van der Waals surface area (Å²) in [6.07, 6.45) is 6.56. The number of ether oxygens (including phenoxy) is 1. The van der Waals surface area contributed by atoms with Crippen LogP contribution in [0.1, 0.15) is 31.2 Å². The molecule has 1 N–H and O–H groups in total. The highest BCUT2D eigenvalue weighted by Crippen LogP contribution is 2.35. The Labute approximate surface area is 160 Å². The highest BCUT2D eigenvalue weighted by atomic mass is 16.5. The van der Waals surface area contributed by atoms with Gasteiger partial charge in [-0.2, -0.15) is 0 Å². The molecule has 0 fully saturated rings. The van der Waals surface area contributed by atoms with E-state index in [1.54, 1.807) is 7.11 Å². The maximum absolute atomic E-state index is 5.56. The number of nitrogens with zero attached hydrogens (tertiary/aromatic N) is 3. The van der Waals surface area contributed by atoms with Gasteiger partial charge in [-0.15, -0.1) is 0 Å². The zero-order chi connectivity index (χ0) is 19.1. The average molecular weight is 363 g/mol. The number of hydrogen-bond acceptors (Lipinski definition) is 3. The monoisotopic (exact) mass is 363 g/mol. The summed E-state index contributed by atoms with van der Waals surface area (Å²) < 4.78 is 7.69. The molecule has 0 amide bonds. The SMILES string of the molecule is C#[N+]CCCCCCNc1c(-c2ccccc2OC)nc2ccc(C)cn12. The van der Waals surface area contributed by atoms with Gasteiger partial charge in [0, 0.05) is 24.7 Å². The molecule has 0 aliphatic heterocycles. The van der Waals surface area contributed by atoms with E-state index in [2.05, 4.69) is 45.9 Å². The fourth-order valence-corrected chi connectivity index (χ4v) is 3.24. The first-order valence-corrected chi connectivity index (χ1v) is 9.47. The molecule has 0 aliphatic carbocycles. The van der Waals surface area contributed by atoms with Crippen molar-refractivity contribution in [1.29, 1.82) is 0 Å². The lowest BCUT2D eigenvalue weighted by molar-refractivity contribution is 0.416. The second kappa shape index (κ2) is 9.09. The van der Waals surface area contributed by atoms with E-state index < -0.39 is 0 Å². The summed E-state index contributed by atoms with van der Waals surface area (Å²) in [6.45, 7) is 8.92. The number of hydrogen-bond donors (Lipinski definition) is 1. The van der Waals surface area contributed by atoms with Crippen LogP contribution in [0.4, 0.5) is 5.82 Å². The molecule has 3 aromatic rings. The number of rotatable bonds is 9. The number of aryl methyl sites for hydroxylation is 1. The Balaban J connectivity index is 1.85. The molecule has 0 spiro atoms. The molecular weight excluding hydrogens is 336 g/mol. The minimum absolute atomic E-state index is 0.748. The Kier molecular flexibility index (Phi) is 6.32. The van der Waals surface area contributed by atoms with Crippen LogP contribution < -0.4 is 10.1 Å². The first kappa shape index (κ1) is 18.8. The van der Waals surface area contributed by atoms with Gasteiger partial charge in [-0.05, 0) is 43.5 Å². The van der Waals surface area contributed by atoms with Crippen molar-refractivity contribution in [2.75, 3.05) is 25.5 Å². The topological polar surface area (TPSA) is 42.9 Å². The van der Waals surface area contributed by atoms with Crippen molar-refractivity contribution in [2.24, 2.45) is 0 Å². The zero-order valence-corrected chi connectivity index (χ0v) is 16.1. The van der Waals surface area contributed by atoms with Crippen LogP contribution in [0.5, 0.6) is 5.75 Å². The van der Waals surface area contributed by atoms with Crippen LogP contribution in [0.2, 0.25) is 0 Å². The first-order chi connectivity index (χ1) is 13.2. The van der Waals surface area contributed by atoms with Crippen molar-refractivity contribution in [3.63, 3.8) is 0 Å². The summed E-state index contributed by atoms with van der Waals surface area (Å²) in [6, 6.07) is 12.1. The van der Waals surface area contributed by atoms with Gasteiger partial charge in [0.05, 0.1) is 7.11 Å². The molecule has 1 aromatic carbocycles. The number of nitrogens with one attached hydrogen (secondary N) is 1. The predicted octanol–water partition coefficient (Wildman–Crippen LogP) is 5.25. The molecule has 0 radical (unpaired) electrons. The number of fused-ring (bicyclic) bond motifs is 1. The molecule has 0 unspecified atom stereocenters. The van der Waals surface area contributed by atoms with E-state index in [1.165, 1.54) is 5.56 Å². The Morgan fingerprint density at radius 2 is 1.93 bits per heavy atom. The third-order valence-electron chi connectivity index (χ3n) is 4.63. The summed E-state index contributed by atoms with van der Waals surface area (Å²) in [7, 11) is 1.69. The lowest BCUT2D eigenvalue weighted by atomic mass is 10.1. The third kappa shape index (κ3) is 4.40. The van der Waals surface area contributed by atoms with Crippen molar-refractivity contribution < 1.29 is 4.74 Å². The normalized spacial score (nSPS) is 10.7. The van der Waals surface area contributed by atoms with Crippen molar-refractivity contribution in [3.8, 4) is 23.6 Å². The van der Waals surface area contributed by atoms with Crippen LogP contribution in [0.15, 0.2) is 42.6 Å². The minimum atomic E-state index is 0.748. The smallest absolute Gasteiger partial charge is 0.263 e. The largest absolute Gasteiger partial charge is 0.496 e. The van der Waals surface area contributed by atoms with E-state index >= 15 is 0 Å². The van der Waals surface area contributed by atoms with Gasteiger partial charge in [0.15, 0.2) is 0 Å². The summed E-state index contributed by atoms with van der Waals surface area (Å²) in [5.41, 5.74) is 4.03. The maximum atomic E-state index is 5.56. The summed E-state index contributed by atoms with van der Waals surface area (Å²) in [5.74, 6) is 1.83. The molecule has 5 heteroatoms. The van der Waals surface area contributed by atoms with Crippen LogP contribution in [0.25, 0.3) is 21.7 Å². The Hall–Kier alpha value is -3.00. The molecule has 5 nitrogen and oxygen atoms in total. The molecule has 0 atom stereocenters. The lowest BCUT2D eigenvalue weighted by Crippen LogP contribution is -2.05. The number of aromatic nitrogens is 2. The van der Waals surface area contributed by atoms with E-state index in [1.807, 2.05) is 18.2 Å². The molecule has 2 aromatic heterocycles. The fourth-order valence-electron chi connectivity index (χ4n) is 3.24. The number of methoxy groups -OCH3 is 1. The molecule has 140 valence electrons. The number of para-hydroxylation sites is 1. The molecule has 3 rings (SSSR count). The zero-order valence-electron chi connectivity index (χ0n) is 16.1. The van der Waals surface area contributed by atoms with E-state index in [4.69, 9.17) is 16.3 Å². The van der Waals surface area contributed by atoms with Gasteiger partial charge in [0.2, 0.25) is 0 Å². The minimum Gasteiger partial charge on any atom is -0.496 e. The van der Waals surface area contributed by atoms with Crippen molar-refractivity contribution in [3.05, 3.63) is 53.0 Å². The van der Waals surface area contributed by atoms with Gasteiger partial charge in [0.25, 0.3) is 13.1 Å². The van der Waals surface area contributed by atoms with Crippen molar-refractivity contribution >= 4 is 11.5 Å². The number of unbranched alkanes of at least 4 members (excludes halogenated alkanes) is 3. The third-order valence-corrected chi connectivity index (χ3v) is 4.63. The Morgan fingerprint density at radius 1 is 1.11 bits per heavy atom. The second-order valence-corrected chi connectivity index (χ2v) is 6.69. The molecule has 0 bridgehead atoms. The van der Waals surface area contributed by atoms with Gasteiger partial charge in [-0.3, -0.25) is 4.40 Å². The van der Waals surface area contributed by atoms with E-state index in [0.717, 1.165) is 67.2 Å². The van der Waals surface area contributed by atoms with E-state index in [9.17, 15) is 0 Å². The molecular formula is C22H27N4O+. The quantitative estimate of drug-likeness (QED) is 0.528. The van der Waals surface area contributed by atoms with Gasteiger partial charge in [0.1, 0.15) is 22.9 Å². The van der Waals surface area contributed by atoms with Crippen LogP contribution >= 0.6 is 0 Å². The van der Waals surface area contributed by atoms with E-state index in [0.29, 0.717) is 0 Å².